The first-order valence-electron chi connectivity index (χ1n) is 7.67. The van der Waals surface area contributed by atoms with Crippen molar-refractivity contribution in [2.75, 3.05) is 6.54 Å². The molecule has 1 aromatic heterocycles. The second-order valence-electron chi connectivity index (χ2n) is 5.75. The topological polar surface area (TPSA) is 29.1 Å². The number of fused-ring (bicyclic) bond motifs is 1. The second kappa shape index (κ2) is 6.44. The van der Waals surface area contributed by atoms with Gasteiger partial charge in [-0.15, -0.1) is 11.3 Å². The summed E-state index contributed by atoms with van der Waals surface area (Å²) >= 11 is 1.75. The molecule has 1 aromatic carbocycles. The van der Waals surface area contributed by atoms with Crippen molar-refractivity contribution >= 4 is 17.2 Å². The molecule has 0 aliphatic heterocycles. The van der Waals surface area contributed by atoms with Crippen molar-refractivity contribution in [3.63, 3.8) is 0 Å². The zero-order valence-electron chi connectivity index (χ0n) is 12.4. The summed E-state index contributed by atoms with van der Waals surface area (Å²) in [7, 11) is 0. The van der Waals surface area contributed by atoms with Crippen molar-refractivity contribution < 1.29 is 4.79 Å². The van der Waals surface area contributed by atoms with Crippen molar-refractivity contribution in [3.05, 3.63) is 56.8 Å². The van der Waals surface area contributed by atoms with E-state index in [1.807, 2.05) is 5.38 Å². The van der Waals surface area contributed by atoms with Gasteiger partial charge in [0.2, 0.25) is 0 Å². The summed E-state index contributed by atoms with van der Waals surface area (Å²) in [6.07, 6.45) is 5.59. The van der Waals surface area contributed by atoms with Gasteiger partial charge >= 0.3 is 0 Å². The molecule has 0 radical (unpaired) electrons. The standard InChI is InChI=1S/C18H21NOS/c1-13-6-8-14(9-7-13)10-11-19-18(20)16-12-21-17-5-3-2-4-15(16)17/h6-9,12H,2-5,10-11H2,1H3,(H,19,20). The number of nitrogens with one attached hydrogen (secondary N) is 1. The van der Waals surface area contributed by atoms with E-state index >= 15 is 0 Å². The minimum absolute atomic E-state index is 0.0986. The summed E-state index contributed by atoms with van der Waals surface area (Å²) in [5.41, 5.74) is 4.76. The van der Waals surface area contributed by atoms with E-state index < -0.39 is 0 Å². The molecule has 0 saturated carbocycles. The Morgan fingerprint density at radius 2 is 1.95 bits per heavy atom. The normalized spacial score (nSPS) is 13.8. The van der Waals surface area contributed by atoms with Gasteiger partial charge < -0.3 is 5.32 Å². The highest BCUT2D eigenvalue weighted by atomic mass is 32.1. The molecule has 3 heteroatoms. The molecule has 3 rings (SSSR count). The van der Waals surface area contributed by atoms with E-state index in [4.69, 9.17) is 0 Å². The molecule has 2 nitrogen and oxygen atoms in total. The highest BCUT2D eigenvalue weighted by Crippen LogP contribution is 2.30. The van der Waals surface area contributed by atoms with Gasteiger partial charge in [0.1, 0.15) is 0 Å². The zero-order valence-corrected chi connectivity index (χ0v) is 13.3. The maximum Gasteiger partial charge on any atom is 0.252 e. The van der Waals surface area contributed by atoms with Crippen molar-refractivity contribution in [1.82, 2.24) is 5.32 Å². The Hall–Kier alpha value is -1.61. The number of rotatable bonds is 4. The number of benzene rings is 1. The molecule has 1 aliphatic rings. The predicted molar refractivity (Wildman–Crippen MR) is 88.2 cm³/mol. The third-order valence-corrected chi connectivity index (χ3v) is 5.21. The van der Waals surface area contributed by atoms with Gasteiger partial charge in [-0.3, -0.25) is 4.79 Å². The van der Waals surface area contributed by atoms with Crippen LogP contribution in [0.25, 0.3) is 0 Å². The lowest BCUT2D eigenvalue weighted by atomic mass is 9.95. The molecule has 0 saturated heterocycles. The highest BCUT2D eigenvalue weighted by Gasteiger charge is 2.19. The number of hydrogen-bond acceptors (Lipinski definition) is 2. The predicted octanol–water partition coefficient (Wildman–Crippen LogP) is 3.91. The van der Waals surface area contributed by atoms with Gasteiger partial charge in [0.05, 0.1) is 5.56 Å². The van der Waals surface area contributed by atoms with E-state index in [1.54, 1.807) is 11.3 Å². The number of amides is 1. The first-order chi connectivity index (χ1) is 10.2. The first kappa shape index (κ1) is 14.3. The van der Waals surface area contributed by atoms with Crippen LogP contribution in [-0.4, -0.2) is 12.5 Å². The monoisotopic (exact) mass is 299 g/mol. The van der Waals surface area contributed by atoms with Crippen LogP contribution in [0.3, 0.4) is 0 Å². The van der Waals surface area contributed by atoms with E-state index in [1.165, 1.54) is 34.4 Å². The molecule has 110 valence electrons. The molecule has 1 aliphatic carbocycles. The summed E-state index contributed by atoms with van der Waals surface area (Å²) in [6.45, 7) is 2.79. The molecular formula is C18H21NOS. The van der Waals surface area contributed by atoms with Crippen LogP contribution < -0.4 is 5.32 Å². The second-order valence-corrected chi connectivity index (χ2v) is 6.71. The molecule has 2 aromatic rings. The molecule has 0 fully saturated rings. The molecule has 21 heavy (non-hydrogen) atoms. The van der Waals surface area contributed by atoms with E-state index in [9.17, 15) is 4.79 Å². The number of hydrogen-bond donors (Lipinski definition) is 1. The fraction of sp³-hybridized carbons (Fsp3) is 0.389. The summed E-state index contributed by atoms with van der Waals surface area (Å²) in [6, 6.07) is 8.50. The lowest BCUT2D eigenvalue weighted by molar-refractivity contribution is 0.0953. The number of carbonyl (C=O) groups is 1. The van der Waals surface area contributed by atoms with Crippen LogP contribution in [0.4, 0.5) is 0 Å². The fourth-order valence-corrected chi connectivity index (χ4v) is 3.98. The van der Waals surface area contributed by atoms with Crippen LogP contribution >= 0.6 is 11.3 Å². The van der Waals surface area contributed by atoms with Gasteiger partial charge in [0.15, 0.2) is 0 Å². The minimum atomic E-state index is 0.0986. The maximum absolute atomic E-state index is 12.3. The van der Waals surface area contributed by atoms with E-state index in [2.05, 4.69) is 36.5 Å². The smallest absolute Gasteiger partial charge is 0.252 e. The molecule has 1 heterocycles. The van der Waals surface area contributed by atoms with Crippen LogP contribution in [0.1, 0.15) is 44.8 Å². The Labute approximate surface area is 130 Å². The van der Waals surface area contributed by atoms with Crippen LogP contribution in [-0.2, 0) is 19.3 Å². The van der Waals surface area contributed by atoms with Gasteiger partial charge in [-0.1, -0.05) is 29.8 Å². The van der Waals surface area contributed by atoms with Crippen LogP contribution in [0.5, 0.6) is 0 Å². The van der Waals surface area contributed by atoms with Crippen LogP contribution in [0, 0.1) is 6.92 Å². The highest BCUT2D eigenvalue weighted by molar-refractivity contribution is 7.10. The molecule has 0 atom stereocenters. The maximum atomic E-state index is 12.3. The van der Waals surface area contributed by atoms with Gasteiger partial charge in [-0.25, -0.2) is 0 Å². The molecular weight excluding hydrogens is 278 g/mol. The third kappa shape index (κ3) is 3.35. The zero-order chi connectivity index (χ0) is 14.7. The third-order valence-electron chi connectivity index (χ3n) is 4.13. The van der Waals surface area contributed by atoms with Crippen molar-refractivity contribution in [2.24, 2.45) is 0 Å². The Kier molecular flexibility index (Phi) is 4.39. The Balaban J connectivity index is 1.57. The Bertz CT molecular complexity index is 627. The van der Waals surface area contributed by atoms with E-state index in [-0.39, 0.29) is 5.91 Å². The number of aryl methyl sites for hydroxylation is 2. The largest absolute Gasteiger partial charge is 0.352 e. The molecule has 0 spiro atoms. The van der Waals surface area contributed by atoms with Gasteiger partial charge in [0, 0.05) is 16.8 Å². The van der Waals surface area contributed by atoms with E-state index in [0.29, 0.717) is 6.54 Å². The molecule has 1 N–H and O–H groups in total. The molecule has 0 bridgehead atoms. The van der Waals surface area contributed by atoms with Gasteiger partial charge in [-0.05, 0) is 50.2 Å². The van der Waals surface area contributed by atoms with Gasteiger partial charge in [0.25, 0.3) is 5.91 Å². The number of thiophene rings is 1. The summed E-state index contributed by atoms with van der Waals surface area (Å²) in [5.74, 6) is 0.0986. The average Bonchev–Trinajstić information content (AvgIpc) is 2.93. The molecule has 1 amide bonds. The van der Waals surface area contributed by atoms with Crippen molar-refractivity contribution in [2.45, 2.75) is 39.0 Å². The summed E-state index contributed by atoms with van der Waals surface area (Å²) < 4.78 is 0. The van der Waals surface area contributed by atoms with E-state index in [0.717, 1.165) is 24.8 Å². The minimum Gasteiger partial charge on any atom is -0.352 e. The van der Waals surface area contributed by atoms with Crippen LogP contribution in [0.2, 0.25) is 0 Å². The Morgan fingerprint density at radius 3 is 2.76 bits per heavy atom. The lowest BCUT2D eigenvalue weighted by Crippen LogP contribution is -2.26. The number of carbonyl (C=O) groups excluding carboxylic acids is 1. The van der Waals surface area contributed by atoms with Crippen molar-refractivity contribution in [3.8, 4) is 0 Å². The quantitative estimate of drug-likeness (QED) is 0.911. The fourth-order valence-electron chi connectivity index (χ4n) is 2.85. The lowest BCUT2D eigenvalue weighted by Gasteiger charge is -2.12. The average molecular weight is 299 g/mol. The van der Waals surface area contributed by atoms with Crippen LogP contribution in [0.15, 0.2) is 29.6 Å². The Morgan fingerprint density at radius 1 is 1.19 bits per heavy atom. The SMILES string of the molecule is Cc1ccc(CCNC(=O)c2csc3c2CCCC3)cc1. The van der Waals surface area contributed by atoms with Crippen molar-refractivity contribution in [1.29, 1.82) is 0 Å². The van der Waals surface area contributed by atoms with Gasteiger partial charge in [-0.2, -0.15) is 0 Å². The summed E-state index contributed by atoms with van der Waals surface area (Å²) in [4.78, 5) is 13.7. The molecule has 0 unspecified atom stereocenters. The summed E-state index contributed by atoms with van der Waals surface area (Å²) in [5, 5.41) is 5.10. The first-order valence-corrected chi connectivity index (χ1v) is 8.55.